The van der Waals surface area contributed by atoms with Gasteiger partial charge < -0.3 is 9.30 Å². The van der Waals surface area contributed by atoms with E-state index in [0.717, 1.165) is 18.4 Å². The molecule has 2 heterocycles. The van der Waals surface area contributed by atoms with E-state index in [1.807, 2.05) is 18.4 Å². The highest BCUT2D eigenvalue weighted by Gasteiger charge is 2.28. The van der Waals surface area contributed by atoms with Crippen LogP contribution in [-0.4, -0.2) is 49.5 Å². The maximum Gasteiger partial charge on any atom is 0.279 e. The van der Waals surface area contributed by atoms with Crippen molar-refractivity contribution in [2.24, 2.45) is 10.9 Å². The van der Waals surface area contributed by atoms with Crippen molar-refractivity contribution in [1.29, 1.82) is 0 Å². The molecule has 34 heavy (non-hydrogen) atoms. The Kier molecular flexibility index (Phi) is 7.61. The van der Waals surface area contributed by atoms with Crippen LogP contribution in [-0.2, 0) is 21.3 Å². The maximum absolute atomic E-state index is 13.7. The molecule has 2 aromatic carbocycles. The van der Waals surface area contributed by atoms with E-state index in [9.17, 15) is 17.6 Å². The van der Waals surface area contributed by atoms with Gasteiger partial charge in [0.05, 0.1) is 21.7 Å². The highest BCUT2D eigenvalue weighted by molar-refractivity contribution is 7.89. The van der Waals surface area contributed by atoms with Gasteiger partial charge in [0.2, 0.25) is 10.0 Å². The zero-order valence-electron chi connectivity index (χ0n) is 19.2. The first-order valence-corrected chi connectivity index (χ1v) is 13.6. The van der Waals surface area contributed by atoms with Crippen LogP contribution >= 0.6 is 11.3 Å². The van der Waals surface area contributed by atoms with Crippen molar-refractivity contribution in [2.75, 3.05) is 26.3 Å². The quantitative estimate of drug-likeness (QED) is 0.454. The van der Waals surface area contributed by atoms with Crippen LogP contribution in [0.3, 0.4) is 0 Å². The molecule has 0 saturated carbocycles. The number of sulfonamides is 1. The van der Waals surface area contributed by atoms with Gasteiger partial charge in [0, 0.05) is 31.8 Å². The predicted molar refractivity (Wildman–Crippen MR) is 130 cm³/mol. The fraction of sp³-hybridized carbons (Fsp3) is 0.417. The number of rotatable bonds is 7. The average Bonchev–Trinajstić information content (AvgIpc) is 3.15. The zero-order valence-corrected chi connectivity index (χ0v) is 20.9. The van der Waals surface area contributed by atoms with Crippen LogP contribution in [0, 0.1) is 11.7 Å². The number of carbonyl (C=O) groups is 1. The lowest BCUT2D eigenvalue weighted by Crippen LogP contribution is -2.39. The summed E-state index contributed by atoms with van der Waals surface area (Å²) in [6.45, 7) is 6.43. The van der Waals surface area contributed by atoms with Crippen LogP contribution in [0.5, 0.6) is 0 Å². The van der Waals surface area contributed by atoms with Crippen molar-refractivity contribution in [3.05, 3.63) is 58.6 Å². The second kappa shape index (κ2) is 10.5. The van der Waals surface area contributed by atoms with Gasteiger partial charge in [-0.2, -0.15) is 9.30 Å². The highest BCUT2D eigenvalue weighted by Crippen LogP contribution is 2.24. The highest BCUT2D eigenvalue weighted by atomic mass is 32.2. The monoisotopic (exact) mass is 505 g/mol. The number of nitrogens with zero attached hydrogens (tertiary/aromatic N) is 3. The van der Waals surface area contributed by atoms with Crippen molar-refractivity contribution in [2.45, 2.75) is 38.1 Å². The number of piperidine rings is 1. The Morgan fingerprint density at radius 2 is 2.00 bits per heavy atom. The summed E-state index contributed by atoms with van der Waals surface area (Å²) in [5.41, 5.74) is 1.06. The Bertz CT molecular complexity index is 1350. The third-order valence-electron chi connectivity index (χ3n) is 5.86. The molecule has 0 unspecified atom stereocenters. The van der Waals surface area contributed by atoms with Gasteiger partial charge in [-0.15, -0.1) is 0 Å². The molecule has 1 aliphatic rings. The number of fused-ring (bicyclic) bond motifs is 1. The fourth-order valence-electron chi connectivity index (χ4n) is 4.08. The molecule has 1 amide bonds. The molecule has 182 valence electrons. The Labute approximate surface area is 202 Å². The topological polar surface area (TPSA) is 81.0 Å². The van der Waals surface area contributed by atoms with E-state index >= 15 is 0 Å². The molecule has 10 heteroatoms. The molecule has 1 atom stereocenters. The number of ether oxygens (including phenoxy) is 1. The number of benzene rings is 2. The third kappa shape index (κ3) is 5.30. The molecule has 0 bridgehead atoms. The first-order valence-electron chi connectivity index (χ1n) is 11.4. The number of thiazole rings is 1. The minimum Gasteiger partial charge on any atom is -0.380 e. The second-order valence-corrected chi connectivity index (χ2v) is 11.3. The molecule has 0 N–H and O–H groups in total. The number of aromatic nitrogens is 1. The van der Waals surface area contributed by atoms with Crippen molar-refractivity contribution in [3.63, 3.8) is 0 Å². The van der Waals surface area contributed by atoms with E-state index in [2.05, 4.69) is 4.99 Å². The minimum atomic E-state index is -3.60. The van der Waals surface area contributed by atoms with Crippen molar-refractivity contribution >= 4 is 37.5 Å². The average molecular weight is 506 g/mol. The Hall–Kier alpha value is -2.40. The third-order valence-corrected chi connectivity index (χ3v) is 8.78. The molecular weight excluding hydrogens is 477 g/mol. The molecule has 0 spiro atoms. The summed E-state index contributed by atoms with van der Waals surface area (Å²) in [4.78, 5) is 17.8. The van der Waals surface area contributed by atoms with E-state index in [0.29, 0.717) is 48.3 Å². The van der Waals surface area contributed by atoms with Gasteiger partial charge in [0.1, 0.15) is 5.82 Å². The molecule has 1 aromatic heterocycles. The summed E-state index contributed by atoms with van der Waals surface area (Å²) >= 11 is 1.22. The lowest BCUT2D eigenvalue weighted by Gasteiger charge is -2.30. The Balaban J connectivity index is 1.62. The van der Waals surface area contributed by atoms with Gasteiger partial charge in [0.25, 0.3) is 5.91 Å². The Morgan fingerprint density at radius 1 is 1.24 bits per heavy atom. The van der Waals surface area contributed by atoms with Crippen molar-refractivity contribution < 1.29 is 22.3 Å². The van der Waals surface area contributed by atoms with Gasteiger partial charge in [-0.1, -0.05) is 18.3 Å². The van der Waals surface area contributed by atoms with Gasteiger partial charge in [-0.05, 0) is 68.1 Å². The zero-order chi connectivity index (χ0) is 24.3. The summed E-state index contributed by atoms with van der Waals surface area (Å²) < 4.78 is 49.2. The summed E-state index contributed by atoms with van der Waals surface area (Å²) in [6, 6.07) is 10.4. The lowest BCUT2D eigenvalue weighted by molar-refractivity contribution is 0.0996. The van der Waals surface area contributed by atoms with Gasteiger partial charge in [-0.25, -0.2) is 12.8 Å². The lowest BCUT2D eigenvalue weighted by atomic mass is 10.0. The maximum atomic E-state index is 13.7. The SMILES string of the molecule is CCOCCn1c(=NC(=O)c2ccc(S(=O)(=O)N3CCC[C@@H](C)C3)cc2)sc2cc(F)ccc21. The van der Waals surface area contributed by atoms with Gasteiger partial charge in [-0.3, -0.25) is 4.79 Å². The summed E-state index contributed by atoms with van der Waals surface area (Å²) in [5, 5.41) is 0. The molecule has 1 saturated heterocycles. The normalized spacial score (nSPS) is 18.0. The van der Waals surface area contributed by atoms with Crippen LogP contribution in [0.1, 0.15) is 37.0 Å². The Morgan fingerprint density at radius 3 is 2.71 bits per heavy atom. The summed E-state index contributed by atoms with van der Waals surface area (Å²) in [7, 11) is -3.60. The first kappa shape index (κ1) is 24.7. The molecule has 7 nitrogen and oxygen atoms in total. The first-order chi connectivity index (χ1) is 16.3. The molecule has 1 fully saturated rings. The number of hydrogen-bond donors (Lipinski definition) is 0. The molecule has 1 aliphatic heterocycles. The molecule has 0 radical (unpaired) electrons. The molecule has 3 aromatic rings. The predicted octanol–water partition coefficient (Wildman–Crippen LogP) is 4.04. The van der Waals surface area contributed by atoms with Crippen LogP contribution < -0.4 is 4.80 Å². The van der Waals surface area contributed by atoms with E-state index < -0.39 is 15.9 Å². The van der Waals surface area contributed by atoms with Crippen molar-refractivity contribution in [3.8, 4) is 0 Å². The van der Waals surface area contributed by atoms with Crippen LogP contribution in [0.25, 0.3) is 10.2 Å². The summed E-state index contributed by atoms with van der Waals surface area (Å²) in [5.74, 6) is -0.524. The number of carbonyl (C=O) groups excluding carboxylic acids is 1. The second-order valence-electron chi connectivity index (χ2n) is 8.40. The molecule has 0 aliphatic carbocycles. The smallest absolute Gasteiger partial charge is 0.279 e. The van der Waals surface area contributed by atoms with Crippen molar-refractivity contribution in [1.82, 2.24) is 8.87 Å². The van der Waals surface area contributed by atoms with E-state index in [4.69, 9.17) is 4.74 Å². The number of amides is 1. The number of hydrogen-bond acceptors (Lipinski definition) is 5. The summed E-state index contributed by atoms with van der Waals surface area (Å²) in [6.07, 6.45) is 1.87. The van der Waals surface area contributed by atoms with Gasteiger partial charge in [0.15, 0.2) is 4.80 Å². The number of halogens is 1. The van der Waals surface area contributed by atoms with Crippen LogP contribution in [0.4, 0.5) is 4.39 Å². The van der Waals surface area contributed by atoms with Gasteiger partial charge >= 0.3 is 0 Å². The van der Waals surface area contributed by atoms with Crippen LogP contribution in [0.15, 0.2) is 52.4 Å². The van der Waals surface area contributed by atoms with E-state index in [-0.39, 0.29) is 16.3 Å². The minimum absolute atomic E-state index is 0.169. The van der Waals surface area contributed by atoms with Crippen LogP contribution in [0.2, 0.25) is 0 Å². The fourth-order valence-corrected chi connectivity index (χ4v) is 6.76. The standard InChI is InChI=1S/C24H28FN3O4S2/c1-3-32-14-13-28-21-11-8-19(25)15-22(21)33-24(28)26-23(29)18-6-9-20(10-7-18)34(30,31)27-12-4-5-17(2)16-27/h6-11,15,17H,3-5,12-14,16H2,1-2H3/t17-/m1/s1. The van der Waals surface area contributed by atoms with E-state index in [1.54, 1.807) is 6.07 Å². The largest absolute Gasteiger partial charge is 0.380 e. The molecule has 4 rings (SSSR count). The van der Waals surface area contributed by atoms with E-state index in [1.165, 1.54) is 52.0 Å². The molecular formula is C24H28FN3O4S2.